The van der Waals surface area contributed by atoms with E-state index in [1.54, 1.807) is 6.20 Å². The maximum absolute atomic E-state index is 12.2. The molecule has 1 unspecified atom stereocenters. The number of hydrogen-bond donors (Lipinski definition) is 5. The van der Waals surface area contributed by atoms with Crippen LogP contribution in [0.5, 0.6) is 0 Å². The Hall–Kier alpha value is -4.11. The van der Waals surface area contributed by atoms with E-state index in [2.05, 4.69) is 20.9 Å². The van der Waals surface area contributed by atoms with Crippen molar-refractivity contribution < 1.29 is 37.4 Å². The van der Waals surface area contributed by atoms with Crippen molar-refractivity contribution in [3.8, 4) is 0 Å². The van der Waals surface area contributed by atoms with Gasteiger partial charge in [-0.3, -0.25) is 29.1 Å². The molecule has 1 aromatic heterocycles. The van der Waals surface area contributed by atoms with Gasteiger partial charge in [-0.2, -0.15) is 8.42 Å². The predicted molar refractivity (Wildman–Crippen MR) is 138 cm³/mol. The number of pyridine rings is 1. The van der Waals surface area contributed by atoms with Gasteiger partial charge in [0.1, 0.15) is 5.82 Å². The number of carbonyl (C=O) groups is 3. The third-order valence-electron chi connectivity index (χ3n) is 4.70. The van der Waals surface area contributed by atoms with E-state index >= 15 is 0 Å². The van der Waals surface area contributed by atoms with Crippen molar-refractivity contribution in [3.63, 3.8) is 0 Å². The van der Waals surface area contributed by atoms with Gasteiger partial charge in [0.2, 0.25) is 11.8 Å². The number of rotatable bonds is 13. The van der Waals surface area contributed by atoms with Crippen molar-refractivity contribution in [1.29, 1.82) is 0 Å². The van der Waals surface area contributed by atoms with E-state index in [1.807, 2.05) is 19.1 Å². The molecule has 0 spiro atoms. The SMILES string of the molecule is CS(=O)(=O)O.Cc1ccnc(NCCCCC(=O)NCC(=O)NC(CC(=O)O)c2cccc([N+](=O)[O-])c2)c1. The Bertz CT molecular complexity index is 1210. The number of benzene rings is 1. The lowest BCUT2D eigenvalue weighted by molar-refractivity contribution is -0.384. The molecule has 0 aliphatic carbocycles. The second kappa shape index (κ2) is 15.9. The number of carboxylic acids is 1. The summed E-state index contributed by atoms with van der Waals surface area (Å²) in [5.41, 5.74) is 1.18. The third kappa shape index (κ3) is 15.1. The lowest BCUT2D eigenvalue weighted by atomic mass is 10.0. The first-order valence-corrected chi connectivity index (χ1v) is 13.2. The molecule has 0 radical (unpaired) electrons. The number of aryl methyl sites for hydroxylation is 1. The third-order valence-corrected chi connectivity index (χ3v) is 4.70. The van der Waals surface area contributed by atoms with Crippen molar-refractivity contribution >= 4 is 39.4 Å². The van der Waals surface area contributed by atoms with Crippen LogP contribution in [0.4, 0.5) is 11.5 Å². The highest BCUT2D eigenvalue weighted by molar-refractivity contribution is 7.85. The predicted octanol–water partition coefficient (Wildman–Crippen LogP) is 1.83. The fraction of sp³-hybridized carbons (Fsp3) is 0.391. The molecular formula is C23H31N5O9S. The summed E-state index contributed by atoms with van der Waals surface area (Å²) in [6.07, 6.45) is 3.57. The minimum absolute atomic E-state index is 0.210. The molecule has 38 heavy (non-hydrogen) atoms. The van der Waals surface area contributed by atoms with Gasteiger partial charge < -0.3 is 21.1 Å². The number of anilines is 1. The Morgan fingerprint density at radius 3 is 2.42 bits per heavy atom. The van der Waals surface area contributed by atoms with Crippen LogP contribution in [-0.2, 0) is 24.5 Å². The second-order valence-corrected chi connectivity index (χ2v) is 9.65. The Labute approximate surface area is 219 Å². The van der Waals surface area contributed by atoms with Gasteiger partial charge in [-0.1, -0.05) is 12.1 Å². The number of nitro benzene ring substituents is 1. The molecule has 1 atom stereocenters. The lowest BCUT2D eigenvalue weighted by Crippen LogP contribution is -2.39. The number of nitrogens with zero attached hydrogens (tertiary/aromatic N) is 2. The maximum atomic E-state index is 12.2. The van der Waals surface area contributed by atoms with Crippen LogP contribution in [0.15, 0.2) is 42.6 Å². The Morgan fingerprint density at radius 1 is 1.13 bits per heavy atom. The first kappa shape index (κ1) is 31.9. The van der Waals surface area contributed by atoms with Crippen LogP contribution in [-0.4, -0.2) is 65.1 Å². The van der Waals surface area contributed by atoms with Crippen LogP contribution in [0.1, 0.15) is 42.9 Å². The molecular weight excluding hydrogens is 522 g/mol. The average Bonchev–Trinajstić information content (AvgIpc) is 2.81. The Morgan fingerprint density at radius 2 is 1.82 bits per heavy atom. The molecule has 0 aliphatic rings. The number of nitro groups is 1. The monoisotopic (exact) mass is 553 g/mol. The number of amides is 2. The molecule has 0 fully saturated rings. The first-order valence-electron chi connectivity index (χ1n) is 11.4. The number of carboxylic acid groups (broad SMARTS) is 1. The van der Waals surface area contributed by atoms with Crippen molar-refractivity contribution in [2.75, 3.05) is 24.7 Å². The molecule has 2 amide bonds. The standard InChI is InChI=1S/C22H27N5O6.CH4O3S/c1-15-8-10-24-19(11-15)23-9-3-2-7-20(28)25-14-21(29)26-18(13-22(30)31)16-5-4-6-17(12-16)27(32)33;1-5(2,3)4/h4-6,8,10-12,18H,2-3,7,9,13-14H2,1H3,(H,23,24)(H,25,28)(H,26,29)(H,30,31);1H3,(H,2,3,4). The molecule has 208 valence electrons. The summed E-state index contributed by atoms with van der Waals surface area (Å²) in [5.74, 6) is -1.29. The zero-order valence-corrected chi connectivity index (χ0v) is 21.7. The number of aliphatic carboxylic acids is 1. The van der Waals surface area contributed by atoms with Gasteiger partial charge >= 0.3 is 5.97 Å². The highest BCUT2D eigenvalue weighted by atomic mass is 32.2. The molecule has 1 heterocycles. The fourth-order valence-corrected chi connectivity index (χ4v) is 3.05. The van der Waals surface area contributed by atoms with E-state index in [0.29, 0.717) is 24.8 Å². The summed E-state index contributed by atoms with van der Waals surface area (Å²) in [7, 11) is -3.67. The summed E-state index contributed by atoms with van der Waals surface area (Å²) in [4.78, 5) is 49.9. The number of non-ortho nitro benzene ring substituents is 1. The van der Waals surface area contributed by atoms with Gasteiger partial charge in [0.25, 0.3) is 15.8 Å². The van der Waals surface area contributed by atoms with Crippen molar-refractivity contribution in [1.82, 2.24) is 15.6 Å². The highest BCUT2D eigenvalue weighted by Crippen LogP contribution is 2.21. The van der Waals surface area contributed by atoms with Crippen LogP contribution < -0.4 is 16.0 Å². The number of nitrogens with one attached hydrogen (secondary N) is 3. The zero-order chi connectivity index (χ0) is 28.7. The van der Waals surface area contributed by atoms with Gasteiger partial charge in [0.05, 0.1) is 30.2 Å². The van der Waals surface area contributed by atoms with Crippen LogP contribution in [0.3, 0.4) is 0 Å². The summed E-state index contributed by atoms with van der Waals surface area (Å²) < 4.78 is 25.9. The van der Waals surface area contributed by atoms with E-state index in [4.69, 9.17) is 9.66 Å². The number of carbonyl (C=O) groups excluding carboxylic acids is 2. The number of aromatic nitrogens is 1. The van der Waals surface area contributed by atoms with E-state index in [0.717, 1.165) is 17.8 Å². The first-order chi connectivity index (χ1) is 17.7. The zero-order valence-electron chi connectivity index (χ0n) is 20.9. The second-order valence-electron chi connectivity index (χ2n) is 8.18. The summed E-state index contributed by atoms with van der Waals surface area (Å²) in [5, 5.41) is 28.3. The molecule has 0 aliphatic heterocycles. The normalized spacial score (nSPS) is 11.3. The van der Waals surface area contributed by atoms with E-state index < -0.39 is 39.4 Å². The highest BCUT2D eigenvalue weighted by Gasteiger charge is 2.20. The number of hydrogen-bond acceptors (Lipinski definition) is 9. The average molecular weight is 554 g/mol. The summed E-state index contributed by atoms with van der Waals surface area (Å²) in [6.45, 7) is 2.31. The molecule has 1 aromatic carbocycles. The maximum Gasteiger partial charge on any atom is 0.305 e. The summed E-state index contributed by atoms with van der Waals surface area (Å²) in [6, 6.07) is 8.27. The molecule has 14 nitrogen and oxygen atoms in total. The smallest absolute Gasteiger partial charge is 0.305 e. The van der Waals surface area contributed by atoms with Crippen LogP contribution in [0.2, 0.25) is 0 Å². The Balaban J connectivity index is 0.00000132. The van der Waals surface area contributed by atoms with Crippen LogP contribution >= 0.6 is 0 Å². The molecule has 5 N–H and O–H groups in total. The molecule has 2 aromatic rings. The van der Waals surface area contributed by atoms with Crippen molar-refractivity contribution in [2.45, 2.75) is 38.6 Å². The van der Waals surface area contributed by atoms with Gasteiger partial charge in [-0.05, 0) is 43.0 Å². The molecule has 0 saturated heterocycles. The van der Waals surface area contributed by atoms with Crippen LogP contribution in [0, 0.1) is 17.0 Å². The molecule has 2 rings (SSSR count). The van der Waals surface area contributed by atoms with Crippen molar-refractivity contribution in [3.05, 3.63) is 63.8 Å². The fourth-order valence-electron chi connectivity index (χ4n) is 3.05. The van der Waals surface area contributed by atoms with Gasteiger partial charge in [0, 0.05) is 31.3 Å². The molecule has 0 saturated carbocycles. The van der Waals surface area contributed by atoms with Gasteiger partial charge in [-0.15, -0.1) is 0 Å². The molecule has 15 heteroatoms. The van der Waals surface area contributed by atoms with E-state index in [1.165, 1.54) is 24.3 Å². The van der Waals surface area contributed by atoms with Gasteiger partial charge in [0.15, 0.2) is 0 Å². The van der Waals surface area contributed by atoms with E-state index in [-0.39, 0.29) is 24.6 Å². The lowest BCUT2D eigenvalue weighted by Gasteiger charge is -2.17. The quantitative estimate of drug-likeness (QED) is 0.104. The Kier molecular flexibility index (Phi) is 13.3. The van der Waals surface area contributed by atoms with Crippen molar-refractivity contribution in [2.24, 2.45) is 0 Å². The largest absolute Gasteiger partial charge is 0.481 e. The topological polar surface area (TPSA) is 218 Å². The minimum atomic E-state index is -3.67. The number of unbranched alkanes of at least 4 members (excludes halogenated alkanes) is 1. The van der Waals surface area contributed by atoms with Gasteiger partial charge in [-0.25, -0.2) is 4.98 Å². The summed E-state index contributed by atoms with van der Waals surface area (Å²) >= 11 is 0. The minimum Gasteiger partial charge on any atom is -0.481 e. The molecule has 0 bridgehead atoms. The van der Waals surface area contributed by atoms with Crippen LogP contribution in [0.25, 0.3) is 0 Å². The van der Waals surface area contributed by atoms with E-state index in [9.17, 15) is 32.9 Å².